The summed E-state index contributed by atoms with van der Waals surface area (Å²) < 4.78 is 39.8. The zero-order valence-corrected chi connectivity index (χ0v) is 24.3. The van der Waals surface area contributed by atoms with Crippen LogP contribution in [0.3, 0.4) is 0 Å². The largest absolute Gasteiger partial charge is 0.497 e. The van der Waals surface area contributed by atoms with Crippen molar-refractivity contribution in [1.82, 2.24) is 23.9 Å². The Morgan fingerprint density at radius 3 is 2.42 bits per heavy atom. The maximum atomic E-state index is 13.6. The Bertz CT molecular complexity index is 1050. The molecule has 2 atom stereocenters. The highest BCUT2D eigenvalue weighted by Gasteiger charge is 2.36. The number of methoxy groups -OCH3 is 1. The third-order valence-corrected chi connectivity index (χ3v) is 10.2. The van der Waals surface area contributed by atoms with E-state index >= 15 is 0 Å². The molecule has 1 amide bonds. The number of aryl methyl sites for hydroxylation is 1. The molecule has 11 heteroatoms. The molecule has 3 aliphatic heterocycles. The lowest BCUT2D eigenvalue weighted by Gasteiger charge is -2.39. The van der Waals surface area contributed by atoms with Gasteiger partial charge in [-0.25, -0.2) is 8.42 Å². The number of nitrogens with zero attached hydrogens (tertiary/aromatic N) is 5. The summed E-state index contributed by atoms with van der Waals surface area (Å²) in [4.78, 5) is 22.0. The topological polar surface area (TPSA) is 85.9 Å². The van der Waals surface area contributed by atoms with Gasteiger partial charge in [0.1, 0.15) is 12.4 Å². The molecular weight excluding hydrogens is 506 g/mol. The number of benzene rings is 1. The Labute approximate surface area is 228 Å². The second-order valence-corrected chi connectivity index (χ2v) is 13.0. The lowest BCUT2D eigenvalue weighted by atomic mass is 9.97. The second-order valence-electron chi connectivity index (χ2n) is 11.1. The molecule has 3 fully saturated rings. The summed E-state index contributed by atoms with van der Waals surface area (Å²) in [6.07, 6.45) is 2.56. The molecule has 0 radical (unpaired) electrons. The molecule has 1 aromatic carbocycles. The average molecular weight is 552 g/mol. The summed E-state index contributed by atoms with van der Waals surface area (Å²) in [7, 11) is 2.02. The Balaban J connectivity index is 1.27. The van der Waals surface area contributed by atoms with Gasteiger partial charge in [0.25, 0.3) is 0 Å². The monoisotopic (exact) mass is 551 g/mol. The number of amides is 1. The average Bonchev–Trinajstić information content (AvgIpc) is 2.88. The SMILES string of the molecule is COc1ccc(S(=O)(=O)N2CCN(C)CC2COCC(=O)N2CCN(CC3CCCN(C)C3)CC2)c(C)c1. The van der Waals surface area contributed by atoms with Crippen LogP contribution in [-0.4, -0.2) is 144 Å². The molecule has 0 aromatic heterocycles. The second kappa shape index (κ2) is 13.1. The van der Waals surface area contributed by atoms with Gasteiger partial charge in [-0.05, 0) is 70.1 Å². The molecule has 2 unspecified atom stereocenters. The van der Waals surface area contributed by atoms with Crippen molar-refractivity contribution >= 4 is 15.9 Å². The molecule has 38 heavy (non-hydrogen) atoms. The number of ether oxygens (including phenoxy) is 2. The zero-order chi connectivity index (χ0) is 27.3. The third-order valence-electron chi connectivity index (χ3n) is 8.10. The van der Waals surface area contributed by atoms with E-state index in [2.05, 4.69) is 21.7 Å². The summed E-state index contributed by atoms with van der Waals surface area (Å²) in [5, 5.41) is 0. The molecule has 0 saturated carbocycles. The van der Waals surface area contributed by atoms with Crippen molar-refractivity contribution in [2.24, 2.45) is 5.92 Å². The van der Waals surface area contributed by atoms with Gasteiger partial charge in [-0.2, -0.15) is 4.31 Å². The smallest absolute Gasteiger partial charge is 0.248 e. The van der Waals surface area contributed by atoms with Crippen LogP contribution in [0, 0.1) is 12.8 Å². The Morgan fingerprint density at radius 2 is 1.74 bits per heavy atom. The molecule has 0 bridgehead atoms. The number of likely N-dealkylation sites (tertiary alicyclic amines) is 1. The minimum atomic E-state index is -3.72. The fourth-order valence-corrected chi connectivity index (χ4v) is 7.75. The minimum Gasteiger partial charge on any atom is -0.497 e. The van der Waals surface area contributed by atoms with E-state index in [1.54, 1.807) is 32.2 Å². The van der Waals surface area contributed by atoms with Crippen LogP contribution in [-0.2, 0) is 19.6 Å². The number of piperazine rings is 2. The maximum Gasteiger partial charge on any atom is 0.248 e. The van der Waals surface area contributed by atoms with Crippen LogP contribution in [0.15, 0.2) is 23.1 Å². The van der Waals surface area contributed by atoms with Crippen LogP contribution >= 0.6 is 0 Å². The van der Waals surface area contributed by atoms with Crippen LogP contribution in [0.1, 0.15) is 18.4 Å². The predicted octanol–water partition coefficient (Wildman–Crippen LogP) is 0.811. The summed E-state index contributed by atoms with van der Waals surface area (Å²) in [5.41, 5.74) is 0.646. The van der Waals surface area contributed by atoms with Crippen LogP contribution in [0.5, 0.6) is 5.75 Å². The summed E-state index contributed by atoms with van der Waals surface area (Å²) >= 11 is 0. The first-order valence-electron chi connectivity index (χ1n) is 13.8. The van der Waals surface area contributed by atoms with Gasteiger partial charge < -0.3 is 24.2 Å². The highest BCUT2D eigenvalue weighted by atomic mass is 32.2. The molecular formula is C27H45N5O5S. The molecule has 214 valence electrons. The molecule has 3 heterocycles. The summed E-state index contributed by atoms with van der Waals surface area (Å²) in [6.45, 7) is 10.2. The number of carbonyl (C=O) groups is 1. The summed E-state index contributed by atoms with van der Waals surface area (Å²) in [5.74, 6) is 1.32. The van der Waals surface area contributed by atoms with E-state index < -0.39 is 10.0 Å². The standard InChI is InChI=1S/C27H45N5O5S/c1-22-16-25(36-4)7-8-26(22)38(34,35)32-15-10-29(3)19-24(32)20-37-21-27(33)31-13-11-30(12-14-31)18-23-6-5-9-28(2)17-23/h7-8,16,23-24H,5-6,9-15,17-21H2,1-4H3. The highest BCUT2D eigenvalue weighted by molar-refractivity contribution is 7.89. The van der Waals surface area contributed by atoms with Gasteiger partial charge in [-0.1, -0.05) is 0 Å². The van der Waals surface area contributed by atoms with E-state index in [1.807, 2.05) is 11.9 Å². The molecule has 0 N–H and O–H groups in total. The number of rotatable bonds is 9. The number of sulfonamides is 1. The van der Waals surface area contributed by atoms with E-state index in [4.69, 9.17) is 9.47 Å². The molecule has 3 saturated heterocycles. The van der Waals surface area contributed by atoms with Crippen LogP contribution in [0.4, 0.5) is 0 Å². The van der Waals surface area contributed by atoms with Gasteiger partial charge in [0.15, 0.2) is 0 Å². The van der Waals surface area contributed by atoms with E-state index in [0.29, 0.717) is 50.0 Å². The van der Waals surface area contributed by atoms with Gasteiger partial charge in [0.2, 0.25) is 15.9 Å². The Morgan fingerprint density at radius 1 is 1.00 bits per heavy atom. The van der Waals surface area contributed by atoms with E-state index in [9.17, 15) is 13.2 Å². The molecule has 4 rings (SSSR count). The van der Waals surface area contributed by atoms with Gasteiger partial charge >= 0.3 is 0 Å². The van der Waals surface area contributed by atoms with Crippen molar-refractivity contribution in [1.29, 1.82) is 0 Å². The first-order chi connectivity index (χ1) is 18.2. The van der Waals surface area contributed by atoms with Gasteiger partial charge in [-0.3, -0.25) is 9.69 Å². The normalized spacial score (nSPS) is 25.0. The van der Waals surface area contributed by atoms with Crippen molar-refractivity contribution in [3.05, 3.63) is 23.8 Å². The molecule has 0 aliphatic carbocycles. The molecule has 1 aromatic rings. The van der Waals surface area contributed by atoms with E-state index in [1.165, 1.54) is 23.7 Å². The fraction of sp³-hybridized carbons (Fsp3) is 0.741. The number of hydrogen-bond acceptors (Lipinski definition) is 8. The first kappa shape index (κ1) is 29.2. The quantitative estimate of drug-likeness (QED) is 0.446. The molecule has 3 aliphatic rings. The van der Waals surface area contributed by atoms with E-state index in [0.717, 1.165) is 26.2 Å². The number of carbonyl (C=O) groups excluding carboxylic acids is 1. The van der Waals surface area contributed by atoms with Crippen molar-refractivity contribution in [2.75, 3.05) is 99.9 Å². The lowest BCUT2D eigenvalue weighted by Crippen LogP contribution is -2.56. The highest BCUT2D eigenvalue weighted by Crippen LogP contribution is 2.27. The van der Waals surface area contributed by atoms with Crippen molar-refractivity contribution in [3.8, 4) is 5.75 Å². The van der Waals surface area contributed by atoms with Crippen LogP contribution in [0.2, 0.25) is 0 Å². The van der Waals surface area contributed by atoms with Gasteiger partial charge in [-0.15, -0.1) is 0 Å². The minimum absolute atomic E-state index is 0.0216. The Hall–Kier alpha value is -1.76. The maximum absolute atomic E-state index is 13.6. The van der Waals surface area contributed by atoms with Crippen LogP contribution < -0.4 is 4.74 Å². The van der Waals surface area contributed by atoms with Crippen molar-refractivity contribution in [3.63, 3.8) is 0 Å². The predicted molar refractivity (Wildman–Crippen MR) is 147 cm³/mol. The fourth-order valence-electron chi connectivity index (χ4n) is 5.95. The molecule has 10 nitrogen and oxygen atoms in total. The zero-order valence-electron chi connectivity index (χ0n) is 23.5. The summed E-state index contributed by atoms with van der Waals surface area (Å²) in [6, 6.07) is 4.65. The molecule has 0 spiro atoms. The lowest BCUT2D eigenvalue weighted by molar-refractivity contribution is -0.138. The number of likely N-dealkylation sites (N-methyl/N-ethyl adjacent to an activating group) is 1. The Kier molecular flexibility index (Phi) is 10.0. The van der Waals surface area contributed by atoms with Gasteiger partial charge in [0.05, 0.1) is 24.7 Å². The van der Waals surface area contributed by atoms with Gasteiger partial charge in [0, 0.05) is 58.9 Å². The first-order valence-corrected chi connectivity index (χ1v) is 15.2. The third kappa shape index (κ3) is 7.25. The van der Waals surface area contributed by atoms with Crippen molar-refractivity contribution < 1.29 is 22.7 Å². The number of piperidine rings is 1. The van der Waals surface area contributed by atoms with E-state index in [-0.39, 0.29) is 30.1 Å². The van der Waals surface area contributed by atoms with Crippen molar-refractivity contribution in [2.45, 2.75) is 30.7 Å². The number of hydrogen-bond donors (Lipinski definition) is 0. The van der Waals surface area contributed by atoms with Crippen LogP contribution in [0.25, 0.3) is 0 Å².